The summed E-state index contributed by atoms with van der Waals surface area (Å²) >= 11 is 0. The molecule has 4 heterocycles. The Morgan fingerprint density at radius 2 is 1.91 bits per heavy atom. The van der Waals surface area contributed by atoms with Gasteiger partial charge in [0.15, 0.2) is 0 Å². The molecule has 1 fully saturated rings. The highest BCUT2D eigenvalue weighted by Crippen LogP contribution is 2.26. The maximum Gasteiger partial charge on any atom is 0.254 e. The number of fused-ring (bicyclic) bond motifs is 1. The second kappa shape index (κ2) is 8.54. The van der Waals surface area contributed by atoms with Gasteiger partial charge in [0.25, 0.3) is 11.8 Å². The average molecular weight is 443 g/mol. The number of benzene rings is 1. The Labute approximate surface area is 191 Å². The van der Waals surface area contributed by atoms with Gasteiger partial charge in [-0.2, -0.15) is 0 Å². The van der Waals surface area contributed by atoms with E-state index in [2.05, 4.69) is 27.2 Å². The molecule has 0 aliphatic carbocycles. The molecule has 3 atom stereocenters. The van der Waals surface area contributed by atoms with Gasteiger partial charge in [-0.15, -0.1) is 0 Å². The SMILES string of the molecule is CC1CCN(C(=O)c2ccc(-n3ccnc3)cc2)C(C)C1NC(=O)c1ccnc2[nH]ccc12. The van der Waals surface area contributed by atoms with E-state index in [-0.39, 0.29) is 29.8 Å². The first kappa shape index (κ1) is 20.9. The molecule has 8 heteroatoms. The molecule has 1 saturated heterocycles. The molecule has 1 aromatic carbocycles. The number of imidazole rings is 1. The molecule has 0 saturated carbocycles. The monoisotopic (exact) mass is 442 g/mol. The molecule has 2 N–H and O–H groups in total. The number of carbonyl (C=O) groups is 2. The molecule has 33 heavy (non-hydrogen) atoms. The Morgan fingerprint density at radius 1 is 1.09 bits per heavy atom. The smallest absolute Gasteiger partial charge is 0.254 e. The maximum atomic E-state index is 13.3. The summed E-state index contributed by atoms with van der Waals surface area (Å²) in [6.07, 6.45) is 9.54. The fourth-order valence-corrected chi connectivity index (χ4v) is 4.69. The van der Waals surface area contributed by atoms with E-state index >= 15 is 0 Å². The Hall–Kier alpha value is -3.94. The molecular weight excluding hydrogens is 416 g/mol. The molecular formula is C25H26N6O2. The number of likely N-dealkylation sites (tertiary alicyclic amines) is 1. The standard InChI is InChI=1S/C25H26N6O2/c1-16-9-13-31(25(33)18-3-5-19(6-4-18)30-14-12-26-15-30)17(2)22(16)29-24(32)21-8-11-28-23-20(21)7-10-27-23/h3-8,10-12,14-17,22H,9,13H2,1-2H3,(H,27,28)(H,29,32). The minimum absolute atomic E-state index is 0.0252. The lowest BCUT2D eigenvalue weighted by atomic mass is 9.86. The Balaban J connectivity index is 1.33. The normalized spacial score (nSPS) is 20.7. The lowest BCUT2D eigenvalue weighted by Gasteiger charge is -2.43. The molecule has 3 aromatic heterocycles. The van der Waals surface area contributed by atoms with Crippen LogP contribution in [0.2, 0.25) is 0 Å². The van der Waals surface area contributed by atoms with Gasteiger partial charge in [0.1, 0.15) is 5.65 Å². The molecule has 8 nitrogen and oxygen atoms in total. The molecule has 0 spiro atoms. The molecule has 4 aromatic rings. The van der Waals surface area contributed by atoms with Gasteiger partial charge in [0.2, 0.25) is 0 Å². The Morgan fingerprint density at radius 3 is 2.67 bits per heavy atom. The highest BCUT2D eigenvalue weighted by atomic mass is 16.2. The number of nitrogens with one attached hydrogen (secondary N) is 2. The van der Waals surface area contributed by atoms with Crippen LogP contribution < -0.4 is 5.32 Å². The van der Waals surface area contributed by atoms with Crippen LogP contribution in [-0.4, -0.2) is 54.9 Å². The van der Waals surface area contributed by atoms with Gasteiger partial charge < -0.3 is 19.8 Å². The highest BCUT2D eigenvalue weighted by Gasteiger charge is 2.37. The number of aromatic nitrogens is 4. The van der Waals surface area contributed by atoms with Crippen molar-refractivity contribution in [3.05, 3.63) is 78.6 Å². The van der Waals surface area contributed by atoms with Crippen molar-refractivity contribution < 1.29 is 9.59 Å². The molecule has 0 radical (unpaired) electrons. The van der Waals surface area contributed by atoms with Crippen LogP contribution >= 0.6 is 0 Å². The molecule has 1 aliphatic heterocycles. The zero-order valence-electron chi connectivity index (χ0n) is 18.6. The van der Waals surface area contributed by atoms with E-state index in [1.54, 1.807) is 31.0 Å². The predicted molar refractivity (Wildman–Crippen MR) is 125 cm³/mol. The summed E-state index contributed by atoms with van der Waals surface area (Å²) in [5.74, 6) is 0.0765. The summed E-state index contributed by atoms with van der Waals surface area (Å²) in [4.78, 5) is 39.7. The minimum Gasteiger partial charge on any atom is -0.347 e. The quantitative estimate of drug-likeness (QED) is 0.506. The van der Waals surface area contributed by atoms with Crippen molar-refractivity contribution in [3.63, 3.8) is 0 Å². The second-order valence-electron chi connectivity index (χ2n) is 8.62. The fourth-order valence-electron chi connectivity index (χ4n) is 4.69. The van der Waals surface area contributed by atoms with Crippen LogP contribution in [0.1, 0.15) is 41.0 Å². The third kappa shape index (κ3) is 3.88. The average Bonchev–Trinajstić information content (AvgIpc) is 3.53. The largest absolute Gasteiger partial charge is 0.347 e. The van der Waals surface area contributed by atoms with Gasteiger partial charge in [-0.05, 0) is 55.7 Å². The first-order valence-electron chi connectivity index (χ1n) is 11.2. The number of pyridine rings is 1. The summed E-state index contributed by atoms with van der Waals surface area (Å²) in [6, 6.07) is 10.8. The van der Waals surface area contributed by atoms with Gasteiger partial charge >= 0.3 is 0 Å². The van der Waals surface area contributed by atoms with Crippen LogP contribution in [-0.2, 0) is 0 Å². The Kier molecular flexibility index (Phi) is 5.42. The van der Waals surface area contributed by atoms with E-state index in [9.17, 15) is 9.59 Å². The van der Waals surface area contributed by atoms with Crippen molar-refractivity contribution in [1.29, 1.82) is 0 Å². The van der Waals surface area contributed by atoms with E-state index in [1.165, 1.54) is 0 Å². The van der Waals surface area contributed by atoms with E-state index in [4.69, 9.17) is 0 Å². The fraction of sp³-hybridized carbons (Fsp3) is 0.280. The van der Waals surface area contributed by atoms with Crippen molar-refractivity contribution >= 4 is 22.8 Å². The first-order valence-corrected chi connectivity index (χ1v) is 11.2. The second-order valence-corrected chi connectivity index (χ2v) is 8.62. The maximum absolute atomic E-state index is 13.3. The van der Waals surface area contributed by atoms with Gasteiger partial charge in [-0.1, -0.05) is 6.92 Å². The van der Waals surface area contributed by atoms with Crippen molar-refractivity contribution in [3.8, 4) is 5.69 Å². The van der Waals surface area contributed by atoms with Gasteiger partial charge in [-0.3, -0.25) is 9.59 Å². The van der Waals surface area contributed by atoms with Crippen molar-refractivity contribution in [2.45, 2.75) is 32.4 Å². The minimum atomic E-state index is -0.150. The number of H-pyrrole nitrogens is 1. The summed E-state index contributed by atoms with van der Waals surface area (Å²) in [6.45, 7) is 4.80. The van der Waals surface area contributed by atoms with E-state index in [0.29, 0.717) is 23.3 Å². The van der Waals surface area contributed by atoms with Gasteiger partial charge in [0, 0.05) is 54.0 Å². The zero-order valence-corrected chi connectivity index (χ0v) is 18.6. The number of hydrogen-bond donors (Lipinski definition) is 2. The zero-order chi connectivity index (χ0) is 22.9. The molecule has 3 unspecified atom stereocenters. The van der Waals surface area contributed by atoms with Crippen LogP contribution in [0.15, 0.2) is 67.5 Å². The Bertz CT molecular complexity index is 1280. The molecule has 168 valence electrons. The van der Waals surface area contributed by atoms with Crippen LogP contribution in [0.3, 0.4) is 0 Å². The molecule has 1 aliphatic rings. The van der Waals surface area contributed by atoms with Crippen LogP contribution in [0.4, 0.5) is 0 Å². The number of amides is 2. The number of carbonyl (C=O) groups excluding carboxylic acids is 2. The number of aromatic amines is 1. The number of rotatable bonds is 4. The lowest BCUT2D eigenvalue weighted by molar-refractivity contribution is 0.0472. The molecule has 5 rings (SSSR count). The lowest BCUT2D eigenvalue weighted by Crippen LogP contribution is -2.59. The third-order valence-electron chi connectivity index (χ3n) is 6.63. The molecule has 2 amide bonds. The number of piperidine rings is 1. The third-order valence-corrected chi connectivity index (χ3v) is 6.63. The van der Waals surface area contributed by atoms with E-state index in [0.717, 1.165) is 17.5 Å². The van der Waals surface area contributed by atoms with Crippen LogP contribution in [0, 0.1) is 5.92 Å². The summed E-state index contributed by atoms with van der Waals surface area (Å²) in [5.41, 5.74) is 2.85. The van der Waals surface area contributed by atoms with Crippen LogP contribution in [0.25, 0.3) is 16.7 Å². The van der Waals surface area contributed by atoms with E-state index < -0.39 is 0 Å². The van der Waals surface area contributed by atoms with Crippen molar-refractivity contribution in [2.24, 2.45) is 5.92 Å². The summed E-state index contributed by atoms with van der Waals surface area (Å²) in [7, 11) is 0. The number of hydrogen-bond acceptors (Lipinski definition) is 4. The predicted octanol–water partition coefficient (Wildman–Crippen LogP) is 3.42. The van der Waals surface area contributed by atoms with Crippen molar-refractivity contribution in [2.75, 3.05) is 6.54 Å². The molecule has 0 bridgehead atoms. The summed E-state index contributed by atoms with van der Waals surface area (Å²) in [5, 5.41) is 3.98. The first-order chi connectivity index (χ1) is 16.0. The van der Waals surface area contributed by atoms with Crippen molar-refractivity contribution in [1.82, 2.24) is 29.7 Å². The number of nitrogens with zero attached hydrogens (tertiary/aromatic N) is 4. The highest BCUT2D eigenvalue weighted by molar-refractivity contribution is 6.05. The van der Waals surface area contributed by atoms with Gasteiger partial charge in [0.05, 0.1) is 17.9 Å². The van der Waals surface area contributed by atoms with Gasteiger partial charge in [-0.25, -0.2) is 9.97 Å². The topological polar surface area (TPSA) is 95.9 Å². The summed E-state index contributed by atoms with van der Waals surface area (Å²) < 4.78 is 1.89. The van der Waals surface area contributed by atoms with E-state index in [1.807, 2.05) is 52.9 Å². The van der Waals surface area contributed by atoms with Crippen LogP contribution in [0.5, 0.6) is 0 Å².